The number of ether oxygens (including phenoxy) is 1. The van der Waals surface area contributed by atoms with Gasteiger partial charge in [-0.2, -0.15) is 9.78 Å². The lowest BCUT2D eigenvalue weighted by Crippen LogP contribution is -2.23. The van der Waals surface area contributed by atoms with E-state index in [0.29, 0.717) is 23.3 Å². The van der Waals surface area contributed by atoms with Crippen LogP contribution in [0.2, 0.25) is 0 Å². The minimum Gasteiger partial charge on any atom is -0.489 e. The van der Waals surface area contributed by atoms with Crippen molar-refractivity contribution in [2.45, 2.75) is 26.4 Å². The van der Waals surface area contributed by atoms with Gasteiger partial charge in [-0.05, 0) is 64.4 Å². The third-order valence-corrected chi connectivity index (χ3v) is 6.32. The lowest BCUT2D eigenvalue weighted by atomic mass is 10.1. The molecule has 1 aromatic heterocycles. The molecule has 5 rings (SSSR count). The molecule has 0 unspecified atom stereocenters. The molecule has 0 bridgehead atoms. The lowest BCUT2D eigenvalue weighted by molar-refractivity contribution is 0.307. The molecule has 0 aliphatic rings. The molecule has 5 aromatic rings. The van der Waals surface area contributed by atoms with E-state index in [1.54, 1.807) is 12.3 Å². The third kappa shape index (κ3) is 4.88. The van der Waals surface area contributed by atoms with Crippen LogP contribution < -0.4 is 10.3 Å². The third-order valence-electron chi connectivity index (χ3n) is 5.83. The first kappa shape index (κ1) is 23.0. The Labute approximate surface area is 211 Å². The monoisotopic (exact) mass is 525 g/mol. The van der Waals surface area contributed by atoms with Crippen molar-refractivity contribution in [3.05, 3.63) is 117 Å². The first-order chi connectivity index (χ1) is 17.0. The smallest absolute Gasteiger partial charge is 0.282 e. The Hall–Kier alpha value is -3.77. The molecule has 0 radical (unpaired) electrons. The van der Waals surface area contributed by atoms with Crippen molar-refractivity contribution >= 4 is 43.8 Å². The van der Waals surface area contributed by atoms with E-state index in [0.717, 1.165) is 21.3 Å². The molecule has 1 heterocycles. The molecule has 0 fully saturated rings. The number of fused-ring (bicyclic) bond motifs is 2. The van der Waals surface area contributed by atoms with Crippen LogP contribution in [0.1, 0.15) is 36.7 Å². The van der Waals surface area contributed by atoms with Crippen LogP contribution in [0.15, 0.2) is 99.3 Å². The van der Waals surface area contributed by atoms with Gasteiger partial charge in [0.25, 0.3) is 5.56 Å². The highest BCUT2D eigenvalue weighted by Crippen LogP contribution is 2.22. The predicted molar refractivity (Wildman–Crippen MR) is 146 cm³/mol. The van der Waals surface area contributed by atoms with Crippen LogP contribution in [0.3, 0.4) is 0 Å². The highest BCUT2D eigenvalue weighted by molar-refractivity contribution is 9.10. The van der Waals surface area contributed by atoms with Crippen LogP contribution in [0.25, 0.3) is 21.7 Å². The summed E-state index contributed by atoms with van der Waals surface area (Å²) in [5.41, 5.74) is 2.48. The summed E-state index contributed by atoms with van der Waals surface area (Å²) in [5.74, 6) is 1.43. The summed E-state index contributed by atoms with van der Waals surface area (Å²) in [6.45, 7) is 4.49. The number of halogens is 1. The SMILES string of the molecule is CC(C)c1nc2ccc(Br)cc2c(=O)n1N=Cc1ccc(OCc2cccc3ccccc23)cc1. The van der Waals surface area contributed by atoms with Crippen LogP contribution >= 0.6 is 15.9 Å². The molecule has 0 saturated carbocycles. The van der Waals surface area contributed by atoms with E-state index >= 15 is 0 Å². The molecular weight excluding hydrogens is 502 g/mol. The predicted octanol–water partition coefficient (Wildman–Crippen LogP) is 6.90. The number of hydrogen-bond acceptors (Lipinski definition) is 4. The van der Waals surface area contributed by atoms with Gasteiger partial charge in [0.05, 0.1) is 17.1 Å². The number of hydrogen-bond donors (Lipinski definition) is 0. The summed E-state index contributed by atoms with van der Waals surface area (Å²) in [4.78, 5) is 17.8. The summed E-state index contributed by atoms with van der Waals surface area (Å²) in [6, 6.07) is 27.7. The van der Waals surface area contributed by atoms with Crippen LogP contribution in [0.4, 0.5) is 0 Å². The zero-order valence-corrected chi connectivity index (χ0v) is 21.1. The Morgan fingerprint density at radius 2 is 1.74 bits per heavy atom. The first-order valence-corrected chi connectivity index (χ1v) is 12.2. The standard InChI is InChI=1S/C29H24BrN3O2/c1-19(2)28-32-27-15-12-23(30)16-26(27)29(34)33(28)31-17-20-10-13-24(14-11-20)35-18-22-8-5-7-21-6-3-4-9-25(21)22/h3-17,19H,18H2,1-2H3. The van der Waals surface area contributed by atoms with Gasteiger partial charge in [0.2, 0.25) is 0 Å². The van der Waals surface area contributed by atoms with Crippen LogP contribution in [-0.2, 0) is 6.61 Å². The molecule has 6 heteroatoms. The van der Waals surface area contributed by atoms with E-state index in [9.17, 15) is 4.79 Å². The van der Waals surface area contributed by atoms with Gasteiger partial charge in [0.1, 0.15) is 18.2 Å². The number of aromatic nitrogens is 2. The Morgan fingerprint density at radius 3 is 2.54 bits per heavy atom. The molecular formula is C29H24BrN3O2. The maximum atomic E-state index is 13.2. The zero-order chi connectivity index (χ0) is 24.4. The molecule has 0 N–H and O–H groups in total. The van der Waals surface area contributed by atoms with Crippen LogP contribution in [0, 0.1) is 0 Å². The number of rotatable bonds is 6. The Balaban J connectivity index is 1.37. The molecule has 4 aromatic carbocycles. The van der Waals surface area contributed by atoms with Gasteiger partial charge in [-0.3, -0.25) is 4.79 Å². The summed E-state index contributed by atoms with van der Waals surface area (Å²) in [7, 11) is 0. The van der Waals surface area contributed by atoms with E-state index in [1.165, 1.54) is 15.4 Å². The fourth-order valence-electron chi connectivity index (χ4n) is 4.01. The second-order valence-corrected chi connectivity index (χ2v) is 9.56. The fourth-order valence-corrected chi connectivity index (χ4v) is 4.37. The van der Waals surface area contributed by atoms with E-state index in [-0.39, 0.29) is 11.5 Å². The normalized spacial score (nSPS) is 11.7. The maximum absolute atomic E-state index is 13.2. The highest BCUT2D eigenvalue weighted by Gasteiger charge is 2.13. The molecule has 0 saturated heterocycles. The maximum Gasteiger partial charge on any atom is 0.282 e. The second kappa shape index (κ2) is 9.84. The Kier molecular flexibility index (Phi) is 6.47. The van der Waals surface area contributed by atoms with E-state index in [2.05, 4.69) is 50.3 Å². The van der Waals surface area contributed by atoms with Gasteiger partial charge in [-0.1, -0.05) is 72.2 Å². The largest absolute Gasteiger partial charge is 0.489 e. The first-order valence-electron chi connectivity index (χ1n) is 11.5. The van der Waals surface area contributed by atoms with E-state index < -0.39 is 0 Å². The Bertz CT molecular complexity index is 1600. The topological polar surface area (TPSA) is 56.5 Å². The molecule has 0 aliphatic carbocycles. The van der Waals surface area contributed by atoms with Gasteiger partial charge in [-0.15, -0.1) is 0 Å². The molecule has 35 heavy (non-hydrogen) atoms. The van der Waals surface area contributed by atoms with Crippen LogP contribution in [0.5, 0.6) is 5.75 Å². The van der Waals surface area contributed by atoms with Gasteiger partial charge in [0, 0.05) is 10.4 Å². The van der Waals surface area contributed by atoms with Gasteiger partial charge < -0.3 is 4.74 Å². The molecule has 5 nitrogen and oxygen atoms in total. The quantitative estimate of drug-likeness (QED) is 0.226. The van der Waals surface area contributed by atoms with Gasteiger partial charge in [0.15, 0.2) is 0 Å². The minimum atomic E-state index is -0.189. The second-order valence-electron chi connectivity index (χ2n) is 8.64. The molecule has 0 aliphatic heterocycles. The van der Waals surface area contributed by atoms with Gasteiger partial charge in [-0.25, -0.2) is 4.98 Å². The van der Waals surface area contributed by atoms with Crippen LogP contribution in [-0.4, -0.2) is 15.9 Å². The molecule has 0 atom stereocenters. The molecule has 0 spiro atoms. The van der Waals surface area contributed by atoms with Crippen molar-refractivity contribution < 1.29 is 4.74 Å². The fraction of sp³-hybridized carbons (Fsp3) is 0.138. The molecule has 0 amide bonds. The van der Waals surface area contributed by atoms with Crippen molar-refractivity contribution in [3.63, 3.8) is 0 Å². The lowest BCUT2D eigenvalue weighted by Gasteiger charge is -2.12. The zero-order valence-electron chi connectivity index (χ0n) is 19.5. The highest BCUT2D eigenvalue weighted by atomic mass is 79.9. The van der Waals surface area contributed by atoms with Crippen molar-refractivity contribution in [1.29, 1.82) is 0 Å². The summed E-state index contributed by atoms with van der Waals surface area (Å²) < 4.78 is 8.26. The van der Waals surface area contributed by atoms with E-state index in [4.69, 9.17) is 4.74 Å². The van der Waals surface area contributed by atoms with Crippen molar-refractivity contribution in [3.8, 4) is 5.75 Å². The Morgan fingerprint density at radius 1 is 0.971 bits per heavy atom. The van der Waals surface area contributed by atoms with Crippen molar-refractivity contribution in [2.75, 3.05) is 0 Å². The van der Waals surface area contributed by atoms with Crippen molar-refractivity contribution in [1.82, 2.24) is 9.66 Å². The minimum absolute atomic E-state index is 0.0396. The summed E-state index contributed by atoms with van der Waals surface area (Å²) >= 11 is 3.43. The number of nitrogens with zero attached hydrogens (tertiary/aromatic N) is 3. The van der Waals surface area contributed by atoms with E-state index in [1.807, 2.05) is 68.4 Å². The van der Waals surface area contributed by atoms with Gasteiger partial charge >= 0.3 is 0 Å². The average Bonchev–Trinajstić information content (AvgIpc) is 2.87. The average molecular weight is 526 g/mol. The summed E-state index contributed by atoms with van der Waals surface area (Å²) in [5, 5.41) is 7.42. The molecule has 174 valence electrons. The number of benzene rings is 4. The summed E-state index contributed by atoms with van der Waals surface area (Å²) in [6.07, 6.45) is 1.67. The van der Waals surface area contributed by atoms with Crippen molar-refractivity contribution in [2.24, 2.45) is 5.10 Å².